The fourth-order valence-corrected chi connectivity index (χ4v) is 3.36. The van der Waals surface area contributed by atoms with Gasteiger partial charge in [-0.15, -0.1) is 24.0 Å². The number of ether oxygens (including phenoxy) is 2. The van der Waals surface area contributed by atoms with Crippen LogP contribution in [-0.2, 0) is 4.74 Å². The van der Waals surface area contributed by atoms with Crippen molar-refractivity contribution in [2.45, 2.75) is 45.3 Å². The number of benzene rings is 1. The van der Waals surface area contributed by atoms with Crippen LogP contribution < -0.4 is 25.6 Å². The number of amides is 1. The van der Waals surface area contributed by atoms with Gasteiger partial charge in [0.25, 0.3) is 0 Å². The molecule has 176 valence electrons. The number of aliphatic imine (C=N–C) groups is 1. The molecule has 3 N–H and O–H groups in total. The lowest BCUT2D eigenvalue weighted by Gasteiger charge is -2.22. The summed E-state index contributed by atoms with van der Waals surface area (Å²) >= 11 is 6.17. The summed E-state index contributed by atoms with van der Waals surface area (Å²) in [5.74, 6) is 1.57. The van der Waals surface area contributed by atoms with Crippen molar-refractivity contribution in [2.75, 3.05) is 45.2 Å². The van der Waals surface area contributed by atoms with Crippen molar-refractivity contribution in [1.82, 2.24) is 16.0 Å². The first-order valence-electron chi connectivity index (χ1n) is 10.2. The number of rotatable bonds is 7. The SMILES string of the molecule is CN=C(NCCCNC(=O)OC(C)(C)C)NC1CCN(c2cc(Cl)ccc2OC)C1.I. The fourth-order valence-electron chi connectivity index (χ4n) is 3.19. The van der Waals surface area contributed by atoms with E-state index in [2.05, 4.69) is 25.8 Å². The molecule has 1 amide bonds. The van der Waals surface area contributed by atoms with E-state index in [0.29, 0.717) is 18.1 Å². The summed E-state index contributed by atoms with van der Waals surface area (Å²) in [6.07, 6.45) is 1.35. The lowest BCUT2D eigenvalue weighted by Crippen LogP contribution is -2.45. The van der Waals surface area contributed by atoms with Crippen LogP contribution in [0.4, 0.5) is 10.5 Å². The molecule has 1 atom stereocenters. The Morgan fingerprint density at radius 1 is 1.29 bits per heavy atom. The summed E-state index contributed by atoms with van der Waals surface area (Å²) in [6.45, 7) is 8.49. The molecular formula is C21H35ClIN5O3. The van der Waals surface area contributed by atoms with Crippen molar-refractivity contribution in [1.29, 1.82) is 0 Å². The molecule has 0 radical (unpaired) electrons. The third kappa shape index (κ3) is 9.59. The summed E-state index contributed by atoms with van der Waals surface area (Å²) in [4.78, 5) is 18.2. The standard InChI is InChI=1S/C21H34ClN5O3.HI/c1-21(2,3)30-20(28)25-11-6-10-24-19(23-4)26-16-9-12-27(14-16)17-13-15(22)7-8-18(17)29-5;/h7-8,13,16H,6,9-12,14H2,1-5H3,(H,25,28)(H2,23,24,26);1H. The van der Waals surface area contributed by atoms with E-state index in [9.17, 15) is 4.79 Å². The molecule has 0 aromatic heterocycles. The lowest BCUT2D eigenvalue weighted by molar-refractivity contribution is 0.0527. The van der Waals surface area contributed by atoms with E-state index in [4.69, 9.17) is 21.1 Å². The van der Waals surface area contributed by atoms with Crippen LogP contribution in [0.1, 0.15) is 33.6 Å². The average Bonchev–Trinajstić information content (AvgIpc) is 3.13. The number of nitrogens with zero attached hydrogens (tertiary/aromatic N) is 2. The molecule has 1 aliphatic heterocycles. The number of nitrogens with one attached hydrogen (secondary N) is 3. The molecule has 1 fully saturated rings. The molecule has 8 nitrogen and oxygen atoms in total. The zero-order valence-corrected chi connectivity index (χ0v) is 22.0. The molecule has 0 aliphatic carbocycles. The second-order valence-corrected chi connectivity index (χ2v) is 8.61. The molecule has 1 saturated heterocycles. The summed E-state index contributed by atoms with van der Waals surface area (Å²) in [5, 5.41) is 10.2. The van der Waals surface area contributed by atoms with Gasteiger partial charge in [0.2, 0.25) is 0 Å². The van der Waals surface area contributed by atoms with Crippen LogP contribution in [0.5, 0.6) is 5.75 Å². The zero-order chi connectivity index (χ0) is 22.1. The maximum absolute atomic E-state index is 11.6. The first-order valence-corrected chi connectivity index (χ1v) is 10.6. The van der Waals surface area contributed by atoms with Crippen molar-refractivity contribution >= 4 is 53.3 Å². The summed E-state index contributed by atoms with van der Waals surface area (Å²) in [5.41, 5.74) is 0.518. The number of guanidine groups is 1. The van der Waals surface area contributed by atoms with E-state index < -0.39 is 11.7 Å². The van der Waals surface area contributed by atoms with E-state index in [-0.39, 0.29) is 30.0 Å². The number of carbonyl (C=O) groups excluding carboxylic acids is 1. The van der Waals surface area contributed by atoms with Gasteiger partial charge in [0.1, 0.15) is 11.4 Å². The highest BCUT2D eigenvalue weighted by Gasteiger charge is 2.25. The highest BCUT2D eigenvalue weighted by molar-refractivity contribution is 14.0. The molecule has 0 bridgehead atoms. The van der Waals surface area contributed by atoms with E-state index in [0.717, 1.165) is 43.3 Å². The molecule has 1 heterocycles. The first kappa shape index (κ1) is 27.4. The van der Waals surface area contributed by atoms with Gasteiger partial charge < -0.3 is 30.3 Å². The van der Waals surface area contributed by atoms with Gasteiger partial charge in [0.15, 0.2) is 5.96 Å². The Kier molecular flexibility index (Phi) is 11.5. The molecule has 10 heteroatoms. The van der Waals surface area contributed by atoms with Crippen LogP contribution in [0, 0.1) is 0 Å². The molecular weight excluding hydrogens is 533 g/mol. The Bertz CT molecular complexity index is 742. The van der Waals surface area contributed by atoms with E-state index in [1.54, 1.807) is 14.2 Å². The third-order valence-electron chi connectivity index (χ3n) is 4.55. The molecule has 0 spiro atoms. The average molecular weight is 568 g/mol. The minimum Gasteiger partial charge on any atom is -0.495 e. The molecule has 1 aliphatic rings. The quantitative estimate of drug-likeness (QED) is 0.202. The summed E-state index contributed by atoms with van der Waals surface area (Å²) in [7, 11) is 3.42. The van der Waals surface area contributed by atoms with Crippen LogP contribution in [0.3, 0.4) is 0 Å². The van der Waals surface area contributed by atoms with Gasteiger partial charge in [-0.25, -0.2) is 4.79 Å². The van der Waals surface area contributed by atoms with Gasteiger partial charge in [-0.05, 0) is 51.8 Å². The number of halogens is 2. The molecule has 1 unspecified atom stereocenters. The highest BCUT2D eigenvalue weighted by atomic mass is 127. The third-order valence-corrected chi connectivity index (χ3v) is 4.78. The van der Waals surface area contributed by atoms with Crippen LogP contribution in [0.25, 0.3) is 0 Å². The zero-order valence-electron chi connectivity index (χ0n) is 19.0. The summed E-state index contributed by atoms with van der Waals surface area (Å²) < 4.78 is 10.7. The Balaban J connectivity index is 0.00000480. The van der Waals surface area contributed by atoms with Crippen LogP contribution in [-0.4, -0.2) is 64.0 Å². The van der Waals surface area contributed by atoms with E-state index in [1.807, 2.05) is 39.0 Å². The second-order valence-electron chi connectivity index (χ2n) is 8.17. The van der Waals surface area contributed by atoms with Crippen LogP contribution >= 0.6 is 35.6 Å². The first-order chi connectivity index (χ1) is 14.2. The van der Waals surface area contributed by atoms with Crippen molar-refractivity contribution in [3.8, 4) is 5.75 Å². The Morgan fingerprint density at radius 3 is 2.65 bits per heavy atom. The van der Waals surface area contributed by atoms with Crippen molar-refractivity contribution < 1.29 is 14.3 Å². The van der Waals surface area contributed by atoms with Gasteiger partial charge in [-0.2, -0.15) is 0 Å². The van der Waals surface area contributed by atoms with Crippen molar-refractivity contribution in [3.05, 3.63) is 23.2 Å². The fraction of sp³-hybridized carbons (Fsp3) is 0.619. The van der Waals surface area contributed by atoms with Crippen molar-refractivity contribution in [2.24, 2.45) is 4.99 Å². The van der Waals surface area contributed by atoms with Crippen molar-refractivity contribution in [3.63, 3.8) is 0 Å². The number of carbonyl (C=O) groups is 1. The maximum atomic E-state index is 11.6. The molecule has 2 rings (SSSR count). The number of hydrogen-bond acceptors (Lipinski definition) is 5. The molecule has 0 saturated carbocycles. The van der Waals surface area contributed by atoms with E-state index in [1.165, 1.54) is 0 Å². The minimum atomic E-state index is -0.488. The smallest absolute Gasteiger partial charge is 0.407 e. The molecule has 1 aromatic rings. The van der Waals surface area contributed by atoms with E-state index >= 15 is 0 Å². The monoisotopic (exact) mass is 567 g/mol. The summed E-state index contributed by atoms with van der Waals surface area (Å²) in [6, 6.07) is 5.93. The number of hydrogen-bond donors (Lipinski definition) is 3. The topological polar surface area (TPSA) is 87.2 Å². The minimum absolute atomic E-state index is 0. The Hall–Kier alpha value is -1.62. The highest BCUT2D eigenvalue weighted by Crippen LogP contribution is 2.33. The number of anilines is 1. The maximum Gasteiger partial charge on any atom is 0.407 e. The van der Waals surface area contributed by atoms with Crippen LogP contribution in [0.15, 0.2) is 23.2 Å². The second kappa shape index (κ2) is 13.0. The molecule has 31 heavy (non-hydrogen) atoms. The molecule has 1 aromatic carbocycles. The van der Waals surface area contributed by atoms with Gasteiger partial charge in [0.05, 0.1) is 12.8 Å². The number of alkyl carbamates (subject to hydrolysis) is 1. The Labute approximate surface area is 207 Å². The Morgan fingerprint density at radius 2 is 2.00 bits per heavy atom. The number of methoxy groups -OCH3 is 1. The predicted molar refractivity (Wildman–Crippen MR) is 137 cm³/mol. The largest absolute Gasteiger partial charge is 0.495 e. The van der Waals surface area contributed by atoms with Gasteiger partial charge >= 0.3 is 6.09 Å². The predicted octanol–water partition coefficient (Wildman–Crippen LogP) is 3.63. The van der Waals surface area contributed by atoms with Gasteiger partial charge in [-0.1, -0.05) is 11.6 Å². The van der Waals surface area contributed by atoms with Gasteiger partial charge in [-0.3, -0.25) is 4.99 Å². The van der Waals surface area contributed by atoms with Gasteiger partial charge in [0, 0.05) is 44.3 Å². The lowest BCUT2D eigenvalue weighted by atomic mass is 10.2. The van der Waals surface area contributed by atoms with Crippen LogP contribution in [0.2, 0.25) is 5.02 Å². The normalized spacial score (nSPS) is 16.4.